The minimum absolute atomic E-state index is 0.157. The number of aryl methyl sites for hydroxylation is 1. The van der Waals surface area contributed by atoms with Gasteiger partial charge in [0, 0.05) is 50.2 Å². The Bertz CT molecular complexity index is 1670. The highest BCUT2D eigenvalue weighted by atomic mass is 32.1. The molecule has 2 aliphatic rings. The van der Waals surface area contributed by atoms with Crippen molar-refractivity contribution in [2.24, 2.45) is 14.1 Å². The molecule has 1 aromatic carbocycles. The van der Waals surface area contributed by atoms with Crippen molar-refractivity contribution in [1.29, 1.82) is 0 Å². The van der Waals surface area contributed by atoms with Crippen LogP contribution in [0.4, 0.5) is 15.2 Å². The van der Waals surface area contributed by atoms with Gasteiger partial charge in [-0.1, -0.05) is 6.07 Å². The second-order valence-electron chi connectivity index (χ2n) is 9.55. The van der Waals surface area contributed by atoms with E-state index in [9.17, 15) is 14.4 Å². The molecule has 37 heavy (non-hydrogen) atoms. The van der Waals surface area contributed by atoms with E-state index in [0.29, 0.717) is 34.2 Å². The molecule has 2 N–H and O–H groups in total. The number of benzene rings is 1. The number of anilines is 2. The Labute approximate surface area is 214 Å². The molecule has 0 aliphatic carbocycles. The van der Waals surface area contributed by atoms with Crippen LogP contribution in [0.3, 0.4) is 0 Å². The number of piperazine rings is 1. The fourth-order valence-electron chi connectivity index (χ4n) is 5.21. The number of halogens is 1. The molecule has 1 amide bonds. The Morgan fingerprint density at radius 1 is 1.27 bits per heavy atom. The molecule has 2 bridgehead atoms. The average molecular weight is 525 g/mol. The SMILES string of the molecule is C[C@@H](C(=O)Nc1nc(-c2ccc(N3CC4CC3CN4)c(F)c2)cs1)n1cnc2c1c(=O)n(C)c(=O)n2C. The van der Waals surface area contributed by atoms with Crippen LogP contribution >= 0.6 is 11.3 Å². The van der Waals surface area contributed by atoms with E-state index in [2.05, 4.69) is 25.5 Å². The number of amides is 1. The number of carbonyl (C=O) groups is 1. The third-order valence-corrected chi connectivity index (χ3v) is 8.07. The van der Waals surface area contributed by atoms with Crippen molar-refractivity contribution in [3.63, 3.8) is 0 Å². The van der Waals surface area contributed by atoms with Crippen LogP contribution in [-0.4, -0.2) is 54.7 Å². The summed E-state index contributed by atoms with van der Waals surface area (Å²) in [5, 5.41) is 8.30. The van der Waals surface area contributed by atoms with E-state index >= 15 is 4.39 Å². The molecular weight excluding hydrogens is 499 g/mol. The molecule has 0 spiro atoms. The molecule has 5 heterocycles. The first kappa shape index (κ1) is 23.6. The third kappa shape index (κ3) is 3.76. The number of rotatable bonds is 5. The van der Waals surface area contributed by atoms with Gasteiger partial charge < -0.3 is 20.1 Å². The number of fused-ring (bicyclic) bond motifs is 3. The lowest BCUT2D eigenvalue weighted by Crippen LogP contribution is -2.43. The minimum atomic E-state index is -0.801. The maximum absolute atomic E-state index is 15.0. The number of thiazole rings is 1. The molecule has 0 saturated carbocycles. The molecule has 2 saturated heterocycles. The molecule has 2 fully saturated rings. The predicted octanol–water partition coefficient (Wildman–Crippen LogP) is 1.45. The van der Waals surface area contributed by atoms with Gasteiger partial charge in [0.05, 0.1) is 17.7 Å². The minimum Gasteiger partial charge on any atom is -0.363 e. The van der Waals surface area contributed by atoms with Crippen molar-refractivity contribution in [1.82, 2.24) is 29.0 Å². The van der Waals surface area contributed by atoms with Crippen molar-refractivity contribution in [2.45, 2.75) is 31.5 Å². The summed E-state index contributed by atoms with van der Waals surface area (Å²) < 4.78 is 18.7. The molecule has 13 heteroatoms. The normalized spacial score (nSPS) is 19.6. The summed E-state index contributed by atoms with van der Waals surface area (Å²) in [5.74, 6) is -0.699. The Hall–Kier alpha value is -3.84. The molecular formula is C24H25FN8O3S. The second kappa shape index (κ2) is 8.63. The Morgan fingerprint density at radius 3 is 2.78 bits per heavy atom. The number of aromatic nitrogens is 5. The summed E-state index contributed by atoms with van der Waals surface area (Å²) in [6, 6.07) is 5.07. The highest BCUT2D eigenvalue weighted by molar-refractivity contribution is 7.14. The van der Waals surface area contributed by atoms with Crippen LogP contribution in [-0.2, 0) is 18.9 Å². The van der Waals surface area contributed by atoms with Crippen LogP contribution in [0.25, 0.3) is 22.4 Å². The predicted molar refractivity (Wildman–Crippen MR) is 139 cm³/mol. The fraction of sp³-hybridized carbons (Fsp3) is 0.375. The van der Waals surface area contributed by atoms with Gasteiger partial charge in [0.1, 0.15) is 11.9 Å². The third-order valence-electron chi connectivity index (χ3n) is 7.31. The Morgan fingerprint density at radius 2 is 2.08 bits per heavy atom. The quantitative estimate of drug-likeness (QED) is 0.406. The van der Waals surface area contributed by atoms with Gasteiger partial charge in [-0.15, -0.1) is 11.3 Å². The zero-order valence-electron chi connectivity index (χ0n) is 20.4. The highest BCUT2D eigenvalue weighted by Gasteiger charge is 2.38. The van der Waals surface area contributed by atoms with Gasteiger partial charge in [0.25, 0.3) is 5.56 Å². The van der Waals surface area contributed by atoms with Crippen LogP contribution in [0.1, 0.15) is 19.4 Å². The molecule has 11 nitrogen and oxygen atoms in total. The van der Waals surface area contributed by atoms with Gasteiger partial charge in [-0.25, -0.2) is 19.2 Å². The van der Waals surface area contributed by atoms with E-state index in [0.717, 1.165) is 24.1 Å². The van der Waals surface area contributed by atoms with Gasteiger partial charge in [0.15, 0.2) is 16.3 Å². The monoisotopic (exact) mass is 524 g/mol. The number of nitrogens with zero attached hydrogens (tertiary/aromatic N) is 6. The zero-order valence-corrected chi connectivity index (χ0v) is 21.3. The maximum Gasteiger partial charge on any atom is 0.332 e. The molecule has 2 aliphatic heterocycles. The van der Waals surface area contributed by atoms with Gasteiger partial charge in [-0.2, -0.15) is 0 Å². The molecule has 4 aromatic rings. The summed E-state index contributed by atoms with van der Waals surface area (Å²) in [6.45, 7) is 3.31. The molecule has 192 valence electrons. The second-order valence-corrected chi connectivity index (χ2v) is 10.4. The summed E-state index contributed by atoms with van der Waals surface area (Å²) >= 11 is 1.23. The first-order valence-electron chi connectivity index (χ1n) is 11.9. The number of hydrogen-bond acceptors (Lipinski definition) is 8. The lowest BCUT2D eigenvalue weighted by atomic mass is 10.1. The number of imidazole rings is 1. The lowest BCUT2D eigenvalue weighted by molar-refractivity contribution is -0.118. The first-order chi connectivity index (χ1) is 17.7. The van der Waals surface area contributed by atoms with Crippen LogP contribution in [0, 0.1) is 5.82 Å². The van der Waals surface area contributed by atoms with Crippen molar-refractivity contribution in [3.05, 3.63) is 56.6 Å². The Balaban J connectivity index is 1.21. The van der Waals surface area contributed by atoms with Gasteiger partial charge >= 0.3 is 5.69 Å². The van der Waals surface area contributed by atoms with E-state index in [1.165, 1.54) is 47.0 Å². The molecule has 3 atom stereocenters. The first-order valence-corrected chi connectivity index (χ1v) is 12.8. The molecule has 6 rings (SSSR count). The fourth-order valence-corrected chi connectivity index (χ4v) is 5.94. The number of carbonyl (C=O) groups excluding carboxylic acids is 1. The number of hydrogen-bond donors (Lipinski definition) is 2. The Kier molecular flexibility index (Phi) is 5.49. The van der Waals surface area contributed by atoms with E-state index in [1.807, 2.05) is 6.07 Å². The number of nitrogens with one attached hydrogen (secondary N) is 2. The van der Waals surface area contributed by atoms with Crippen molar-refractivity contribution >= 4 is 39.2 Å². The van der Waals surface area contributed by atoms with Crippen molar-refractivity contribution < 1.29 is 9.18 Å². The standard InChI is InChI=1S/C24H25FN8O3S/c1-12(33-11-27-20-19(33)22(35)31(3)24(36)30(20)2)21(34)29-23-28-17(10-37-23)13-4-5-18(16(25)6-13)32-9-14-7-15(32)8-26-14/h4-6,10-12,14-15,26H,7-9H2,1-3H3,(H,28,29,34)/t12-,14?,15?/m0/s1. The largest absolute Gasteiger partial charge is 0.363 e. The molecule has 2 unspecified atom stereocenters. The van der Waals surface area contributed by atoms with E-state index < -0.39 is 23.2 Å². The molecule has 0 radical (unpaired) electrons. The topological polar surface area (TPSA) is 119 Å². The van der Waals surface area contributed by atoms with Crippen molar-refractivity contribution in [3.8, 4) is 11.3 Å². The smallest absolute Gasteiger partial charge is 0.332 e. The lowest BCUT2D eigenvalue weighted by Gasteiger charge is -2.29. The average Bonchev–Trinajstić information content (AvgIpc) is 3.69. The maximum atomic E-state index is 15.0. The molecule has 3 aromatic heterocycles. The van der Waals surface area contributed by atoms with Crippen LogP contribution in [0.5, 0.6) is 0 Å². The summed E-state index contributed by atoms with van der Waals surface area (Å²) in [5.41, 5.74) is 1.11. The van der Waals surface area contributed by atoms with E-state index in [1.54, 1.807) is 18.4 Å². The summed E-state index contributed by atoms with van der Waals surface area (Å²) in [6.07, 6.45) is 2.41. The van der Waals surface area contributed by atoms with Gasteiger partial charge in [-0.05, 0) is 25.5 Å². The van der Waals surface area contributed by atoms with E-state index in [-0.39, 0.29) is 17.0 Å². The van der Waals surface area contributed by atoms with Crippen LogP contribution < -0.4 is 26.8 Å². The van der Waals surface area contributed by atoms with Crippen LogP contribution in [0.2, 0.25) is 0 Å². The highest BCUT2D eigenvalue weighted by Crippen LogP contribution is 2.34. The van der Waals surface area contributed by atoms with Crippen molar-refractivity contribution in [2.75, 3.05) is 23.3 Å². The van der Waals surface area contributed by atoms with Gasteiger partial charge in [-0.3, -0.25) is 18.7 Å². The van der Waals surface area contributed by atoms with Crippen LogP contribution in [0.15, 0.2) is 39.5 Å². The van der Waals surface area contributed by atoms with E-state index in [4.69, 9.17) is 0 Å². The summed E-state index contributed by atoms with van der Waals surface area (Å²) in [4.78, 5) is 48.7. The van der Waals surface area contributed by atoms with Gasteiger partial charge in [0.2, 0.25) is 5.91 Å². The summed E-state index contributed by atoms with van der Waals surface area (Å²) in [7, 11) is 2.90. The zero-order chi connectivity index (χ0) is 26.0.